The summed E-state index contributed by atoms with van der Waals surface area (Å²) in [6.07, 6.45) is 3.73. The molecule has 1 aromatic heterocycles. The molecule has 102 valence electrons. The molecule has 0 aliphatic heterocycles. The average Bonchev–Trinajstić information content (AvgIpc) is 2.91. The summed E-state index contributed by atoms with van der Waals surface area (Å²) in [4.78, 5) is 0. The number of nitrogens with one attached hydrogen (secondary N) is 1. The van der Waals surface area contributed by atoms with Crippen molar-refractivity contribution >= 4 is 11.6 Å². The lowest BCUT2D eigenvalue weighted by atomic mass is 9.95. The van der Waals surface area contributed by atoms with E-state index in [1.54, 1.807) is 6.26 Å². The van der Waals surface area contributed by atoms with E-state index in [1.165, 1.54) is 5.56 Å². The van der Waals surface area contributed by atoms with Crippen LogP contribution in [0, 0.1) is 5.92 Å². The Hall–Kier alpha value is -1.25. The molecule has 0 bridgehead atoms. The Labute approximate surface area is 119 Å². The minimum absolute atomic E-state index is 0.535. The molecule has 19 heavy (non-hydrogen) atoms. The van der Waals surface area contributed by atoms with Crippen molar-refractivity contribution in [1.82, 2.24) is 5.32 Å². The number of rotatable bonds is 7. The van der Waals surface area contributed by atoms with Gasteiger partial charge in [0.25, 0.3) is 0 Å². The van der Waals surface area contributed by atoms with Crippen LogP contribution in [-0.4, -0.2) is 13.1 Å². The van der Waals surface area contributed by atoms with Crippen LogP contribution < -0.4 is 5.32 Å². The molecule has 0 spiro atoms. The van der Waals surface area contributed by atoms with Crippen LogP contribution >= 0.6 is 11.6 Å². The normalized spacial score (nSPS) is 12.5. The zero-order valence-electron chi connectivity index (χ0n) is 11.2. The minimum atomic E-state index is 0.535. The van der Waals surface area contributed by atoms with Crippen molar-refractivity contribution in [3.8, 4) is 0 Å². The van der Waals surface area contributed by atoms with E-state index in [-0.39, 0.29) is 0 Å². The first-order chi connectivity index (χ1) is 9.28. The second-order valence-corrected chi connectivity index (χ2v) is 5.22. The zero-order valence-corrected chi connectivity index (χ0v) is 12.0. The van der Waals surface area contributed by atoms with E-state index < -0.39 is 0 Å². The third kappa shape index (κ3) is 4.73. The monoisotopic (exact) mass is 277 g/mol. The first kappa shape index (κ1) is 14.2. The lowest BCUT2D eigenvalue weighted by Crippen LogP contribution is -2.25. The lowest BCUT2D eigenvalue weighted by Gasteiger charge is -2.16. The molecule has 0 saturated heterocycles. The maximum atomic E-state index is 5.92. The van der Waals surface area contributed by atoms with E-state index in [2.05, 4.69) is 24.4 Å². The summed E-state index contributed by atoms with van der Waals surface area (Å²) < 4.78 is 5.45. The highest BCUT2D eigenvalue weighted by Gasteiger charge is 2.12. The number of halogens is 1. The third-order valence-electron chi connectivity index (χ3n) is 3.19. The quantitative estimate of drug-likeness (QED) is 0.829. The highest BCUT2D eigenvalue weighted by molar-refractivity contribution is 6.30. The maximum Gasteiger partial charge on any atom is 0.104 e. The van der Waals surface area contributed by atoms with E-state index >= 15 is 0 Å². The van der Waals surface area contributed by atoms with Gasteiger partial charge in [0.1, 0.15) is 5.76 Å². The molecule has 2 aromatic rings. The molecule has 0 aliphatic rings. The van der Waals surface area contributed by atoms with Crippen LogP contribution in [0.5, 0.6) is 0 Å². The first-order valence-electron chi connectivity index (χ1n) is 6.75. The third-order valence-corrected chi connectivity index (χ3v) is 3.44. The SMILES string of the molecule is CCNCC(Cc1ccc(Cl)cc1)Cc1ccco1. The van der Waals surface area contributed by atoms with Crippen molar-refractivity contribution in [3.63, 3.8) is 0 Å². The van der Waals surface area contributed by atoms with Gasteiger partial charge in [0.05, 0.1) is 6.26 Å². The summed E-state index contributed by atoms with van der Waals surface area (Å²) in [6, 6.07) is 12.1. The van der Waals surface area contributed by atoms with Gasteiger partial charge in [0.2, 0.25) is 0 Å². The fourth-order valence-corrected chi connectivity index (χ4v) is 2.36. The van der Waals surface area contributed by atoms with Gasteiger partial charge in [0.15, 0.2) is 0 Å². The van der Waals surface area contributed by atoms with Gasteiger partial charge < -0.3 is 9.73 Å². The van der Waals surface area contributed by atoms with E-state index in [0.717, 1.165) is 36.7 Å². The summed E-state index contributed by atoms with van der Waals surface area (Å²) in [5, 5.41) is 4.21. The van der Waals surface area contributed by atoms with Gasteiger partial charge in [-0.2, -0.15) is 0 Å². The molecular formula is C16H20ClNO. The zero-order chi connectivity index (χ0) is 13.5. The second-order valence-electron chi connectivity index (χ2n) is 4.79. The van der Waals surface area contributed by atoms with Gasteiger partial charge in [-0.3, -0.25) is 0 Å². The number of furan rings is 1. The van der Waals surface area contributed by atoms with Crippen LogP contribution in [0.2, 0.25) is 5.02 Å². The van der Waals surface area contributed by atoms with Crippen LogP contribution in [0.25, 0.3) is 0 Å². The Kier molecular flexibility index (Phi) is 5.49. The number of hydrogen-bond donors (Lipinski definition) is 1. The molecule has 0 amide bonds. The largest absolute Gasteiger partial charge is 0.469 e. The van der Waals surface area contributed by atoms with Crippen LogP contribution in [0.1, 0.15) is 18.2 Å². The van der Waals surface area contributed by atoms with E-state index in [4.69, 9.17) is 16.0 Å². The number of benzene rings is 1. The summed E-state index contributed by atoms with van der Waals surface area (Å²) in [5.41, 5.74) is 1.32. The fraction of sp³-hybridized carbons (Fsp3) is 0.375. The second kappa shape index (κ2) is 7.37. The molecule has 2 rings (SSSR count). The first-order valence-corrected chi connectivity index (χ1v) is 7.13. The van der Waals surface area contributed by atoms with Crippen molar-refractivity contribution in [2.24, 2.45) is 5.92 Å². The van der Waals surface area contributed by atoms with Crippen molar-refractivity contribution in [1.29, 1.82) is 0 Å². The molecule has 0 aliphatic carbocycles. The Morgan fingerprint density at radius 3 is 2.58 bits per heavy atom. The van der Waals surface area contributed by atoms with Gasteiger partial charge >= 0.3 is 0 Å². The molecular weight excluding hydrogens is 258 g/mol. The van der Waals surface area contributed by atoms with Crippen LogP contribution in [-0.2, 0) is 12.8 Å². The maximum absolute atomic E-state index is 5.92. The predicted octanol–water partition coefficient (Wildman–Crippen LogP) is 3.94. The topological polar surface area (TPSA) is 25.2 Å². The van der Waals surface area contributed by atoms with Gasteiger partial charge in [-0.1, -0.05) is 30.7 Å². The highest BCUT2D eigenvalue weighted by atomic mass is 35.5. The average molecular weight is 278 g/mol. The molecule has 0 fully saturated rings. The molecule has 1 N–H and O–H groups in total. The van der Waals surface area contributed by atoms with Crippen LogP contribution in [0.15, 0.2) is 47.1 Å². The van der Waals surface area contributed by atoms with Gasteiger partial charge in [0, 0.05) is 11.4 Å². The molecule has 2 nitrogen and oxygen atoms in total. The van der Waals surface area contributed by atoms with E-state index in [1.807, 2.05) is 24.3 Å². The molecule has 1 aromatic carbocycles. The Bertz CT molecular complexity index is 464. The number of hydrogen-bond acceptors (Lipinski definition) is 2. The highest BCUT2D eigenvalue weighted by Crippen LogP contribution is 2.17. The summed E-state index contributed by atoms with van der Waals surface area (Å²) >= 11 is 5.92. The standard InChI is InChI=1S/C16H20ClNO/c1-2-18-12-14(11-16-4-3-9-19-16)10-13-5-7-15(17)8-6-13/h3-9,14,18H,2,10-12H2,1H3. The van der Waals surface area contributed by atoms with Crippen molar-refractivity contribution in [2.45, 2.75) is 19.8 Å². The summed E-state index contributed by atoms with van der Waals surface area (Å²) in [7, 11) is 0. The van der Waals surface area contributed by atoms with E-state index in [9.17, 15) is 0 Å². The van der Waals surface area contributed by atoms with Crippen molar-refractivity contribution in [3.05, 3.63) is 59.0 Å². The minimum Gasteiger partial charge on any atom is -0.469 e. The molecule has 1 unspecified atom stereocenters. The Morgan fingerprint density at radius 2 is 1.95 bits per heavy atom. The molecule has 1 atom stereocenters. The molecule has 0 saturated carbocycles. The lowest BCUT2D eigenvalue weighted by molar-refractivity contribution is 0.418. The fourth-order valence-electron chi connectivity index (χ4n) is 2.23. The molecule has 3 heteroatoms. The summed E-state index contributed by atoms with van der Waals surface area (Å²) in [5.74, 6) is 1.59. The van der Waals surface area contributed by atoms with Gasteiger partial charge in [-0.05, 0) is 55.3 Å². The summed E-state index contributed by atoms with van der Waals surface area (Å²) in [6.45, 7) is 4.13. The predicted molar refractivity (Wildman–Crippen MR) is 79.6 cm³/mol. The van der Waals surface area contributed by atoms with Gasteiger partial charge in [-0.25, -0.2) is 0 Å². The molecule has 1 heterocycles. The van der Waals surface area contributed by atoms with Crippen molar-refractivity contribution < 1.29 is 4.42 Å². The Balaban J connectivity index is 1.98. The van der Waals surface area contributed by atoms with Crippen molar-refractivity contribution in [2.75, 3.05) is 13.1 Å². The van der Waals surface area contributed by atoms with Gasteiger partial charge in [-0.15, -0.1) is 0 Å². The smallest absolute Gasteiger partial charge is 0.104 e. The van der Waals surface area contributed by atoms with E-state index in [0.29, 0.717) is 5.92 Å². The Morgan fingerprint density at radius 1 is 1.16 bits per heavy atom. The molecule has 0 radical (unpaired) electrons. The van der Waals surface area contributed by atoms with Crippen LogP contribution in [0.3, 0.4) is 0 Å². The van der Waals surface area contributed by atoms with Crippen LogP contribution in [0.4, 0.5) is 0 Å².